The predicted molar refractivity (Wildman–Crippen MR) is 102 cm³/mol. The van der Waals surface area contributed by atoms with Crippen molar-refractivity contribution in [3.05, 3.63) is 68.0 Å². The molecule has 1 N–H and O–H groups in total. The number of fused-ring (bicyclic) bond motifs is 1. The molecule has 0 aliphatic rings. The molecule has 2 aromatic carbocycles. The van der Waals surface area contributed by atoms with Crippen LogP contribution >= 0.6 is 22.9 Å². The van der Waals surface area contributed by atoms with E-state index in [0.29, 0.717) is 15.8 Å². The number of hydrogen-bond donors (Lipinski definition) is 1. The molecule has 3 aromatic rings. The van der Waals surface area contributed by atoms with E-state index in [1.807, 2.05) is 38.1 Å². The zero-order valence-corrected chi connectivity index (χ0v) is 15.1. The van der Waals surface area contributed by atoms with E-state index in [0.717, 1.165) is 16.9 Å². The van der Waals surface area contributed by atoms with Crippen LogP contribution in [0.3, 0.4) is 0 Å². The molecule has 0 atom stereocenters. The van der Waals surface area contributed by atoms with Gasteiger partial charge in [0, 0.05) is 17.1 Å². The van der Waals surface area contributed by atoms with Gasteiger partial charge in [-0.05, 0) is 17.5 Å². The molecule has 1 aromatic heterocycles. The van der Waals surface area contributed by atoms with Gasteiger partial charge in [-0.2, -0.15) is 0 Å². The first kappa shape index (κ1) is 17.4. The number of carbonyl (C=O) groups is 1. The van der Waals surface area contributed by atoms with E-state index in [9.17, 15) is 14.9 Å². The van der Waals surface area contributed by atoms with Crippen LogP contribution in [0.4, 0.5) is 11.4 Å². The fourth-order valence-corrected chi connectivity index (χ4v) is 4.15. The summed E-state index contributed by atoms with van der Waals surface area (Å²) in [4.78, 5) is 23.7. The van der Waals surface area contributed by atoms with Crippen molar-refractivity contribution in [3.8, 4) is 0 Å². The Balaban J connectivity index is 2.03. The molecule has 0 unspecified atom stereocenters. The van der Waals surface area contributed by atoms with Gasteiger partial charge < -0.3 is 5.32 Å². The fourth-order valence-electron chi connectivity index (χ4n) is 2.66. The van der Waals surface area contributed by atoms with Crippen molar-refractivity contribution in [2.24, 2.45) is 0 Å². The molecule has 0 fully saturated rings. The van der Waals surface area contributed by atoms with Crippen molar-refractivity contribution in [2.75, 3.05) is 5.32 Å². The minimum absolute atomic E-state index is 0.0500. The van der Waals surface area contributed by atoms with Gasteiger partial charge in [-0.25, -0.2) is 0 Å². The van der Waals surface area contributed by atoms with Crippen molar-refractivity contribution in [1.29, 1.82) is 0 Å². The zero-order chi connectivity index (χ0) is 18.1. The summed E-state index contributed by atoms with van der Waals surface area (Å²) in [7, 11) is 0. The average molecular weight is 375 g/mol. The molecule has 0 aliphatic heterocycles. The first-order chi connectivity index (χ1) is 11.9. The summed E-state index contributed by atoms with van der Waals surface area (Å²) in [5.74, 6) is -0.121. The Labute approximate surface area is 153 Å². The number of rotatable bonds is 4. The SMILES string of the molecule is CC(C)c1ccccc1NC(=O)c1sc2c([N+](=O)[O-])cccc2c1Cl. The number of thiophene rings is 1. The topological polar surface area (TPSA) is 72.2 Å². The molecule has 128 valence electrons. The molecule has 0 aliphatic carbocycles. The van der Waals surface area contributed by atoms with Crippen molar-refractivity contribution in [1.82, 2.24) is 0 Å². The van der Waals surface area contributed by atoms with E-state index in [4.69, 9.17) is 11.6 Å². The minimum Gasteiger partial charge on any atom is -0.321 e. The monoisotopic (exact) mass is 374 g/mol. The Bertz CT molecular complexity index is 982. The Hall–Kier alpha value is -2.44. The van der Waals surface area contributed by atoms with Gasteiger partial charge in [-0.15, -0.1) is 11.3 Å². The van der Waals surface area contributed by atoms with Crippen LogP contribution in [0.2, 0.25) is 5.02 Å². The van der Waals surface area contributed by atoms with Crippen LogP contribution in [0.1, 0.15) is 35.0 Å². The number of halogens is 1. The van der Waals surface area contributed by atoms with E-state index in [1.54, 1.807) is 12.1 Å². The molecular formula is C18H15ClN2O3S. The van der Waals surface area contributed by atoms with Crippen LogP contribution in [-0.2, 0) is 0 Å². The predicted octanol–water partition coefficient (Wildman–Crippen LogP) is 5.84. The Morgan fingerprint density at radius 3 is 2.60 bits per heavy atom. The highest BCUT2D eigenvalue weighted by Gasteiger charge is 2.23. The molecule has 3 rings (SSSR count). The van der Waals surface area contributed by atoms with E-state index >= 15 is 0 Å². The van der Waals surface area contributed by atoms with Crippen LogP contribution in [0.5, 0.6) is 0 Å². The lowest BCUT2D eigenvalue weighted by Crippen LogP contribution is -2.12. The molecule has 0 saturated carbocycles. The number of amides is 1. The number of anilines is 1. The smallest absolute Gasteiger partial charge is 0.287 e. The second kappa shape index (κ2) is 6.82. The highest BCUT2D eigenvalue weighted by Crippen LogP contribution is 2.40. The maximum Gasteiger partial charge on any atom is 0.287 e. The van der Waals surface area contributed by atoms with Gasteiger partial charge in [0.1, 0.15) is 9.58 Å². The minimum atomic E-state index is -0.467. The number of benzene rings is 2. The molecule has 1 amide bonds. The highest BCUT2D eigenvalue weighted by atomic mass is 35.5. The first-order valence-corrected chi connectivity index (χ1v) is 8.85. The number of non-ortho nitro benzene ring substituents is 1. The molecule has 25 heavy (non-hydrogen) atoms. The molecule has 0 radical (unpaired) electrons. The summed E-state index contributed by atoms with van der Waals surface area (Å²) < 4.78 is 0.403. The van der Waals surface area contributed by atoms with Gasteiger partial charge in [-0.1, -0.05) is 55.8 Å². The van der Waals surface area contributed by atoms with Gasteiger partial charge in [-0.3, -0.25) is 14.9 Å². The van der Waals surface area contributed by atoms with Gasteiger partial charge in [0.05, 0.1) is 9.95 Å². The number of nitro benzene ring substituents is 1. The van der Waals surface area contributed by atoms with Crippen molar-refractivity contribution < 1.29 is 9.72 Å². The molecular weight excluding hydrogens is 360 g/mol. The number of hydrogen-bond acceptors (Lipinski definition) is 4. The molecule has 0 saturated heterocycles. The zero-order valence-electron chi connectivity index (χ0n) is 13.6. The summed E-state index contributed by atoms with van der Waals surface area (Å²) in [6, 6.07) is 12.2. The van der Waals surface area contributed by atoms with Crippen molar-refractivity contribution in [2.45, 2.75) is 19.8 Å². The molecule has 5 nitrogen and oxygen atoms in total. The van der Waals surface area contributed by atoms with E-state index < -0.39 is 4.92 Å². The number of nitrogens with zero attached hydrogens (tertiary/aromatic N) is 1. The normalized spacial score (nSPS) is 11.0. The number of carbonyl (C=O) groups excluding carboxylic acids is 1. The third kappa shape index (κ3) is 3.23. The molecule has 7 heteroatoms. The second-order valence-corrected chi connectivity index (χ2v) is 7.25. The lowest BCUT2D eigenvalue weighted by molar-refractivity contribution is -0.382. The fraction of sp³-hybridized carbons (Fsp3) is 0.167. The molecule has 1 heterocycles. The van der Waals surface area contributed by atoms with Gasteiger partial charge >= 0.3 is 0 Å². The van der Waals surface area contributed by atoms with Crippen LogP contribution in [-0.4, -0.2) is 10.8 Å². The van der Waals surface area contributed by atoms with Crippen LogP contribution in [0.15, 0.2) is 42.5 Å². The summed E-state index contributed by atoms with van der Waals surface area (Å²) in [5, 5.41) is 14.8. The van der Waals surface area contributed by atoms with Crippen LogP contribution < -0.4 is 5.32 Å². The second-order valence-electron chi connectivity index (χ2n) is 5.85. The maximum atomic E-state index is 12.7. The Kier molecular flexibility index (Phi) is 4.74. The maximum absolute atomic E-state index is 12.7. The summed E-state index contributed by atoms with van der Waals surface area (Å²) in [6.45, 7) is 4.08. The lowest BCUT2D eigenvalue weighted by atomic mass is 10.0. The summed E-state index contributed by atoms with van der Waals surface area (Å²) in [6.07, 6.45) is 0. The van der Waals surface area contributed by atoms with Crippen LogP contribution in [0, 0.1) is 10.1 Å². The first-order valence-electron chi connectivity index (χ1n) is 7.65. The van der Waals surface area contributed by atoms with Crippen LogP contribution in [0.25, 0.3) is 10.1 Å². The van der Waals surface area contributed by atoms with Crippen molar-refractivity contribution >= 4 is 50.3 Å². The van der Waals surface area contributed by atoms with E-state index in [1.165, 1.54) is 6.07 Å². The number of nitro groups is 1. The Morgan fingerprint density at radius 1 is 1.20 bits per heavy atom. The van der Waals surface area contributed by atoms with Crippen molar-refractivity contribution in [3.63, 3.8) is 0 Å². The standard InChI is InChI=1S/C18H15ClN2O3S/c1-10(2)11-6-3-4-8-13(11)20-18(22)17-15(19)12-7-5-9-14(21(23)24)16(12)25-17/h3-10H,1-2H3,(H,20,22). The summed E-state index contributed by atoms with van der Waals surface area (Å²) >= 11 is 7.36. The molecule has 0 bridgehead atoms. The number of nitrogens with one attached hydrogen (secondary N) is 1. The number of para-hydroxylation sites is 1. The largest absolute Gasteiger partial charge is 0.321 e. The van der Waals surface area contributed by atoms with Gasteiger partial charge in [0.25, 0.3) is 11.6 Å². The Morgan fingerprint density at radius 2 is 1.92 bits per heavy atom. The van der Waals surface area contributed by atoms with Gasteiger partial charge in [0.15, 0.2) is 0 Å². The highest BCUT2D eigenvalue weighted by molar-refractivity contribution is 7.22. The lowest BCUT2D eigenvalue weighted by Gasteiger charge is -2.13. The van der Waals surface area contributed by atoms with E-state index in [-0.39, 0.29) is 27.4 Å². The van der Waals surface area contributed by atoms with Gasteiger partial charge in [0.2, 0.25) is 0 Å². The summed E-state index contributed by atoms with van der Waals surface area (Å²) in [5.41, 5.74) is 1.68. The molecule has 0 spiro atoms. The average Bonchev–Trinajstić information content (AvgIpc) is 2.92. The van der Waals surface area contributed by atoms with E-state index in [2.05, 4.69) is 5.32 Å². The third-order valence-electron chi connectivity index (χ3n) is 3.87. The quantitative estimate of drug-likeness (QED) is 0.460. The third-order valence-corrected chi connectivity index (χ3v) is 5.60.